The van der Waals surface area contributed by atoms with Crippen molar-refractivity contribution in [1.82, 2.24) is 25.7 Å². The number of anilines is 1. The highest BCUT2D eigenvalue weighted by atomic mass is 16.3. The van der Waals surface area contributed by atoms with E-state index in [4.69, 9.17) is 0 Å². The normalized spacial score (nSPS) is 18.3. The summed E-state index contributed by atoms with van der Waals surface area (Å²) in [6.45, 7) is 7.55. The molecule has 0 aliphatic carbocycles. The highest BCUT2D eigenvalue weighted by molar-refractivity contribution is 5.92. The van der Waals surface area contributed by atoms with Crippen molar-refractivity contribution < 1.29 is 9.90 Å². The van der Waals surface area contributed by atoms with Crippen LogP contribution >= 0.6 is 0 Å². The average molecular weight is 411 g/mol. The first-order valence-electron chi connectivity index (χ1n) is 10.5. The van der Waals surface area contributed by atoms with Crippen LogP contribution in [0.1, 0.15) is 33.9 Å². The molecule has 4 N–H and O–H groups in total. The summed E-state index contributed by atoms with van der Waals surface area (Å²) in [7, 11) is 0. The monoisotopic (exact) mass is 410 g/mol. The number of aliphatic hydroxyl groups excluding tert-OH is 1. The van der Waals surface area contributed by atoms with Gasteiger partial charge in [-0.3, -0.25) is 15.6 Å². The minimum absolute atomic E-state index is 0.00621. The Morgan fingerprint density at radius 3 is 2.57 bits per heavy atom. The molecule has 2 aromatic rings. The van der Waals surface area contributed by atoms with Gasteiger partial charge in [0.1, 0.15) is 5.82 Å². The molecule has 4 rings (SSSR count). The molecule has 1 amide bonds. The van der Waals surface area contributed by atoms with Crippen molar-refractivity contribution in [1.29, 1.82) is 0 Å². The van der Waals surface area contributed by atoms with E-state index in [0.29, 0.717) is 19.0 Å². The fourth-order valence-corrected chi connectivity index (χ4v) is 4.14. The standard InChI is InChI=1S/C22H30N6O2/c1-15-16(2)26-20(27-19(15)23-9-8-17-10-24-25-11-17)21(30)28-12-22(13-28,14-29)18-6-4-3-5-7-18/h3-7,17,24-25,29H,8-14H2,1-2H3,(H,23,26,27). The quantitative estimate of drug-likeness (QED) is 0.540. The summed E-state index contributed by atoms with van der Waals surface area (Å²) in [5, 5.41) is 13.4. The molecule has 0 atom stereocenters. The van der Waals surface area contributed by atoms with Gasteiger partial charge < -0.3 is 15.3 Å². The van der Waals surface area contributed by atoms with Gasteiger partial charge >= 0.3 is 0 Å². The van der Waals surface area contributed by atoms with Gasteiger partial charge in [-0.25, -0.2) is 9.97 Å². The molecule has 0 bridgehead atoms. The van der Waals surface area contributed by atoms with Crippen LogP contribution in [0.15, 0.2) is 30.3 Å². The largest absolute Gasteiger partial charge is 0.395 e. The minimum Gasteiger partial charge on any atom is -0.395 e. The van der Waals surface area contributed by atoms with Crippen molar-refractivity contribution in [3.63, 3.8) is 0 Å². The van der Waals surface area contributed by atoms with Crippen molar-refractivity contribution in [2.45, 2.75) is 25.7 Å². The predicted octanol–water partition coefficient (Wildman–Crippen LogP) is 1.01. The van der Waals surface area contributed by atoms with Crippen LogP contribution in [0.2, 0.25) is 0 Å². The number of nitrogens with one attached hydrogen (secondary N) is 3. The number of aryl methyl sites for hydroxylation is 1. The SMILES string of the molecule is Cc1nc(C(=O)N2CC(CO)(c3ccccc3)C2)nc(NCCC2CNNC2)c1C. The summed E-state index contributed by atoms with van der Waals surface area (Å²) in [4.78, 5) is 23.7. The summed E-state index contributed by atoms with van der Waals surface area (Å²) >= 11 is 0. The van der Waals surface area contributed by atoms with E-state index in [-0.39, 0.29) is 18.3 Å². The Hall–Kier alpha value is -2.55. The molecule has 8 heteroatoms. The molecule has 3 heterocycles. The first kappa shape index (κ1) is 20.7. The molecule has 2 aliphatic heterocycles. The Balaban J connectivity index is 1.43. The third-order valence-corrected chi connectivity index (χ3v) is 6.30. The second-order valence-corrected chi connectivity index (χ2v) is 8.42. The summed E-state index contributed by atoms with van der Waals surface area (Å²) in [5.41, 5.74) is 8.70. The maximum atomic E-state index is 13.0. The zero-order valence-electron chi connectivity index (χ0n) is 17.6. The van der Waals surface area contributed by atoms with Gasteiger partial charge in [-0.05, 0) is 31.7 Å². The molecule has 0 spiro atoms. The lowest BCUT2D eigenvalue weighted by atomic mass is 9.74. The van der Waals surface area contributed by atoms with Crippen molar-refractivity contribution in [2.75, 3.05) is 44.6 Å². The lowest BCUT2D eigenvalue weighted by Crippen LogP contribution is -2.63. The number of likely N-dealkylation sites (tertiary alicyclic amines) is 1. The van der Waals surface area contributed by atoms with E-state index in [1.54, 1.807) is 4.90 Å². The number of aromatic nitrogens is 2. The Bertz CT molecular complexity index is 892. The Morgan fingerprint density at radius 2 is 1.90 bits per heavy atom. The van der Waals surface area contributed by atoms with Crippen molar-refractivity contribution in [3.05, 3.63) is 53.0 Å². The minimum atomic E-state index is -0.402. The zero-order valence-corrected chi connectivity index (χ0v) is 17.6. The fourth-order valence-electron chi connectivity index (χ4n) is 4.14. The third kappa shape index (κ3) is 4.03. The van der Waals surface area contributed by atoms with E-state index in [0.717, 1.165) is 48.7 Å². The molecule has 30 heavy (non-hydrogen) atoms. The number of carbonyl (C=O) groups is 1. The number of amides is 1. The van der Waals surface area contributed by atoms with E-state index >= 15 is 0 Å². The molecule has 2 aliphatic rings. The number of rotatable bonds is 7. The number of carbonyl (C=O) groups excluding carboxylic acids is 1. The Labute approximate surface area is 177 Å². The van der Waals surface area contributed by atoms with E-state index in [2.05, 4.69) is 26.1 Å². The summed E-state index contributed by atoms with van der Waals surface area (Å²) in [5.74, 6) is 1.34. The summed E-state index contributed by atoms with van der Waals surface area (Å²) in [6.07, 6.45) is 1.02. The number of hydrazine groups is 1. The Kier molecular flexibility index (Phi) is 5.99. The number of hydrogen-bond acceptors (Lipinski definition) is 7. The zero-order chi connectivity index (χ0) is 21.1. The van der Waals surface area contributed by atoms with Crippen molar-refractivity contribution >= 4 is 11.7 Å². The third-order valence-electron chi connectivity index (χ3n) is 6.30. The van der Waals surface area contributed by atoms with Crippen LogP contribution in [0.4, 0.5) is 5.82 Å². The fraction of sp³-hybridized carbons (Fsp3) is 0.500. The molecule has 1 aromatic carbocycles. The van der Waals surface area contributed by atoms with E-state index in [1.807, 2.05) is 44.2 Å². The smallest absolute Gasteiger partial charge is 0.291 e. The lowest BCUT2D eigenvalue weighted by Gasteiger charge is -2.49. The highest BCUT2D eigenvalue weighted by Gasteiger charge is 2.46. The van der Waals surface area contributed by atoms with Crippen LogP contribution < -0.4 is 16.2 Å². The maximum absolute atomic E-state index is 13.0. The van der Waals surface area contributed by atoms with Crippen LogP contribution in [-0.4, -0.2) is 65.2 Å². The number of benzene rings is 1. The Morgan fingerprint density at radius 1 is 1.20 bits per heavy atom. The summed E-state index contributed by atoms with van der Waals surface area (Å²) < 4.78 is 0. The van der Waals surface area contributed by atoms with Gasteiger partial charge in [0.15, 0.2) is 0 Å². The number of hydrogen-bond donors (Lipinski definition) is 4. The second-order valence-electron chi connectivity index (χ2n) is 8.42. The van der Waals surface area contributed by atoms with Crippen molar-refractivity contribution in [3.8, 4) is 0 Å². The van der Waals surface area contributed by atoms with Crippen molar-refractivity contribution in [2.24, 2.45) is 5.92 Å². The van der Waals surface area contributed by atoms with Gasteiger partial charge in [0, 0.05) is 44.0 Å². The van der Waals surface area contributed by atoms with E-state index < -0.39 is 5.41 Å². The lowest BCUT2D eigenvalue weighted by molar-refractivity contribution is 0.0169. The van der Waals surface area contributed by atoms with Gasteiger partial charge in [-0.2, -0.15) is 0 Å². The van der Waals surface area contributed by atoms with Crippen LogP contribution in [0.25, 0.3) is 0 Å². The first-order chi connectivity index (χ1) is 14.5. The topological polar surface area (TPSA) is 102 Å². The van der Waals surface area contributed by atoms with Gasteiger partial charge in [-0.1, -0.05) is 30.3 Å². The van der Waals surface area contributed by atoms with E-state index in [1.165, 1.54) is 0 Å². The predicted molar refractivity (Wildman–Crippen MR) is 115 cm³/mol. The molecular weight excluding hydrogens is 380 g/mol. The molecule has 0 saturated carbocycles. The van der Waals surface area contributed by atoms with Crippen LogP contribution in [0, 0.1) is 19.8 Å². The molecule has 2 fully saturated rings. The number of nitrogens with zero attached hydrogens (tertiary/aromatic N) is 3. The second kappa shape index (κ2) is 8.67. The van der Waals surface area contributed by atoms with Crippen LogP contribution in [0.5, 0.6) is 0 Å². The maximum Gasteiger partial charge on any atom is 0.291 e. The van der Waals surface area contributed by atoms with Crippen LogP contribution in [-0.2, 0) is 5.41 Å². The van der Waals surface area contributed by atoms with Gasteiger partial charge in [0.05, 0.1) is 12.0 Å². The molecule has 1 aromatic heterocycles. The molecule has 0 unspecified atom stereocenters. The molecular formula is C22H30N6O2. The molecule has 0 radical (unpaired) electrons. The summed E-state index contributed by atoms with van der Waals surface area (Å²) in [6, 6.07) is 9.87. The van der Waals surface area contributed by atoms with Gasteiger partial charge in [0.25, 0.3) is 5.91 Å². The first-order valence-corrected chi connectivity index (χ1v) is 10.5. The molecule has 2 saturated heterocycles. The number of aliphatic hydroxyl groups is 1. The van der Waals surface area contributed by atoms with Gasteiger partial charge in [0.2, 0.25) is 5.82 Å². The molecule has 160 valence electrons. The highest BCUT2D eigenvalue weighted by Crippen LogP contribution is 2.35. The average Bonchev–Trinajstić information content (AvgIpc) is 3.25. The van der Waals surface area contributed by atoms with Crippen LogP contribution in [0.3, 0.4) is 0 Å². The molecule has 8 nitrogen and oxygen atoms in total. The van der Waals surface area contributed by atoms with E-state index in [9.17, 15) is 9.90 Å². The van der Waals surface area contributed by atoms with Gasteiger partial charge in [-0.15, -0.1) is 0 Å².